The fourth-order valence-corrected chi connectivity index (χ4v) is 3.87. The number of ether oxygens (including phenoxy) is 4. The second kappa shape index (κ2) is 7.85. The zero-order valence-electron chi connectivity index (χ0n) is 17.5. The van der Waals surface area contributed by atoms with Crippen LogP contribution in [-0.4, -0.2) is 53.2 Å². The summed E-state index contributed by atoms with van der Waals surface area (Å²) in [6.07, 6.45) is 4.88. The van der Waals surface area contributed by atoms with Gasteiger partial charge in [-0.05, 0) is 38.5 Å². The van der Waals surface area contributed by atoms with Crippen LogP contribution < -0.4 is 0 Å². The maximum Gasteiger partial charge on any atom is 0.337 e. The first kappa shape index (κ1) is 22.0. The molecule has 2 unspecified atom stereocenters. The van der Waals surface area contributed by atoms with Gasteiger partial charge in [0.1, 0.15) is 18.8 Å². The van der Waals surface area contributed by atoms with Crippen molar-refractivity contribution in [1.82, 2.24) is 0 Å². The van der Waals surface area contributed by atoms with Crippen LogP contribution in [0.5, 0.6) is 0 Å². The van der Waals surface area contributed by atoms with Gasteiger partial charge in [0, 0.05) is 18.9 Å². The Kier molecular flexibility index (Phi) is 5.75. The van der Waals surface area contributed by atoms with E-state index >= 15 is 0 Å². The van der Waals surface area contributed by atoms with Crippen LogP contribution in [0.3, 0.4) is 0 Å². The van der Waals surface area contributed by atoms with Crippen molar-refractivity contribution in [2.75, 3.05) is 6.61 Å². The summed E-state index contributed by atoms with van der Waals surface area (Å²) in [5.74, 6) is -4.08. The van der Waals surface area contributed by atoms with Crippen LogP contribution in [0.25, 0.3) is 0 Å². The van der Waals surface area contributed by atoms with Crippen LogP contribution in [0.2, 0.25) is 0 Å². The molecule has 0 saturated carbocycles. The third-order valence-corrected chi connectivity index (χ3v) is 5.60. The molecule has 0 aliphatic carbocycles. The van der Waals surface area contributed by atoms with Crippen LogP contribution >= 0.6 is 0 Å². The highest BCUT2D eigenvalue weighted by atomic mass is 16.6. The average Bonchev–Trinajstić information content (AvgIpc) is 3.11. The molecule has 1 saturated heterocycles. The lowest BCUT2D eigenvalue weighted by molar-refractivity contribution is -0.188. The topological polar surface area (TPSA) is 108 Å². The van der Waals surface area contributed by atoms with Crippen molar-refractivity contribution in [3.8, 4) is 0 Å². The Morgan fingerprint density at radius 3 is 2.73 bits per heavy atom. The van der Waals surface area contributed by atoms with E-state index in [0.717, 1.165) is 0 Å². The highest BCUT2D eigenvalue weighted by molar-refractivity contribution is 5.92. The van der Waals surface area contributed by atoms with Crippen LogP contribution in [0.1, 0.15) is 34.1 Å². The molecule has 0 amide bonds. The molecule has 3 rings (SSSR count). The van der Waals surface area contributed by atoms with Gasteiger partial charge in [-0.3, -0.25) is 4.79 Å². The standard InChI is InChI=1S/C22H26O8/c1-6-15(11-27-14(4)23)20(25)29-17-10-21(5)7-8-22(26,30-21)12(2)9-16-18(17)13(3)19(24)28-16/h6-9,16-18,26H,3,10-11H2,1-2,4-5H3/b12-9-,15-6-/t16?,17-,18?,21-,22-/m1/s1. The molecule has 8 nitrogen and oxygen atoms in total. The Labute approximate surface area is 174 Å². The fraction of sp³-hybridized carbons (Fsp3) is 0.500. The fourth-order valence-electron chi connectivity index (χ4n) is 3.87. The molecule has 0 aromatic rings. The van der Waals surface area contributed by atoms with Crippen molar-refractivity contribution < 1.29 is 38.4 Å². The van der Waals surface area contributed by atoms with Gasteiger partial charge in [0.05, 0.1) is 17.1 Å². The summed E-state index contributed by atoms with van der Waals surface area (Å²) in [6, 6.07) is 0. The third-order valence-electron chi connectivity index (χ3n) is 5.60. The van der Waals surface area contributed by atoms with E-state index in [1.165, 1.54) is 19.1 Å². The van der Waals surface area contributed by atoms with E-state index in [-0.39, 0.29) is 24.2 Å². The Morgan fingerprint density at radius 1 is 1.40 bits per heavy atom. The van der Waals surface area contributed by atoms with Gasteiger partial charge in [0.25, 0.3) is 0 Å². The number of carbonyl (C=O) groups excluding carboxylic acids is 3. The summed E-state index contributed by atoms with van der Waals surface area (Å²) in [5, 5.41) is 10.8. The quantitative estimate of drug-likeness (QED) is 0.319. The molecule has 0 aromatic heterocycles. The number of allylic oxidation sites excluding steroid dienone is 1. The maximum atomic E-state index is 12.8. The Balaban J connectivity index is 1.94. The van der Waals surface area contributed by atoms with E-state index < -0.39 is 47.4 Å². The lowest BCUT2D eigenvalue weighted by Gasteiger charge is -2.33. The SMILES string of the molecule is C=C1C(=O)OC2/C=C(/C)[C@@]3(O)C=C[C@](C)(C[C@@H](OC(=O)/C(=C\C)COC(C)=O)C12)O3. The van der Waals surface area contributed by atoms with Crippen LogP contribution in [0.15, 0.2) is 47.6 Å². The van der Waals surface area contributed by atoms with Crippen LogP contribution in [0, 0.1) is 5.92 Å². The molecule has 0 aromatic carbocycles. The minimum absolute atomic E-state index is 0.153. The van der Waals surface area contributed by atoms with Crippen molar-refractivity contribution in [3.05, 3.63) is 47.6 Å². The van der Waals surface area contributed by atoms with E-state index in [4.69, 9.17) is 18.9 Å². The van der Waals surface area contributed by atoms with E-state index in [0.29, 0.717) is 5.57 Å². The molecular weight excluding hydrogens is 392 g/mol. The number of fused-ring (bicyclic) bond motifs is 3. The van der Waals surface area contributed by atoms with Crippen molar-refractivity contribution in [1.29, 1.82) is 0 Å². The molecule has 3 aliphatic heterocycles. The second-order valence-corrected chi connectivity index (χ2v) is 7.96. The number of aliphatic hydroxyl groups is 1. The normalized spacial score (nSPS) is 37.3. The first-order chi connectivity index (χ1) is 14.0. The number of carbonyl (C=O) groups is 3. The molecule has 1 fully saturated rings. The lowest BCUT2D eigenvalue weighted by atomic mass is 9.83. The molecule has 3 heterocycles. The first-order valence-corrected chi connectivity index (χ1v) is 9.69. The third kappa shape index (κ3) is 4.11. The minimum atomic E-state index is -1.64. The van der Waals surface area contributed by atoms with Crippen molar-refractivity contribution in [3.63, 3.8) is 0 Å². The maximum absolute atomic E-state index is 12.8. The van der Waals surface area contributed by atoms with Gasteiger partial charge in [0.2, 0.25) is 5.79 Å². The predicted molar refractivity (Wildman–Crippen MR) is 105 cm³/mol. The second-order valence-electron chi connectivity index (χ2n) is 7.96. The summed E-state index contributed by atoms with van der Waals surface area (Å²) in [7, 11) is 0. The lowest BCUT2D eigenvalue weighted by Crippen LogP contribution is -2.41. The van der Waals surface area contributed by atoms with Crippen molar-refractivity contribution in [2.24, 2.45) is 5.92 Å². The van der Waals surface area contributed by atoms with Gasteiger partial charge in [-0.15, -0.1) is 0 Å². The van der Waals surface area contributed by atoms with Gasteiger partial charge >= 0.3 is 17.9 Å². The van der Waals surface area contributed by atoms with Gasteiger partial charge < -0.3 is 24.1 Å². The molecule has 0 radical (unpaired) electrons. The molecule has 3 aliphatic rings. The number of esters is 3. The molecule has 1 N–H and O–H groups in total. The van der Waals surface area contributed by atoms with Crippen molar-refractivity contribution in [2.45, 2.75) is 57.7 Å². The first-order valence-electron chi connectivity index (χ1n) is 9.69. The van der Waals surface area contributed by atoms with E-state index in [9.17, 15) is 19.5 Å². The summed E-state index contributed by atoms with van der Waals surface area (Å²) in [6.45, 7) is 9.90. The van der Waals surface area contributed by atoms with Gasteiger partial charge in [-0.2, -0.15) is 0 Å². The van der Waals surface area contributed by atoms with Crippen LogP contribution in [-0.2, 0) is 33.3 Å². The Morgan fingerprint density at radius 2 is 2.10 bits per heavy atom. The van der Waals surface area contributed by atoms with Gasteiger partial charge in [-0.1, -0.05) is 18.7 Å². The monoisotopic (exact) mass is 418 g/mol. The van der Waals surface area contributed by atoms with Gasteiger partial charge in [-0.25, -0.2) is 9.59 Å². The largest absolute Gasteiger partial charge is 0.461 e. The van der Waals surface area contributed by atoms with Gasteiger partial charge in [0.15, 0.2) is 0 Å². The molecule has 0 spiro atoms. The molecule has 8 heteroatoms. The molecule has 162 valence electrons. The number of hydrogen-bond donors (Lipinski definition) is 1. The molecule has 30 heavy (non-hydrogen) atoms. The van der Waals surface area contributed by atoms with Crippen LogP contribution in [0.4, 0.5) is 0 Å². The molecule has 5 atom stereocenters. The summed E-state index contributed by atoms with van der Waals surface area (Å²) in [5.41, 5.74) is -0.160. The van der Waals surface area contributed by atoms with E-state index in [1.54, 1.807) is 32.9 Å². The zero-order chi connectivity index (χ0) is 22.3. The van der Waals surface area contributed by atoms with Crippen molar-refractivity contribution >= 4 is 17.9 Å². The molecular formula is C22H26O8. The molecule has 2 bridgehead atoms. The summed E-state index contributed by atoms with van der Waals surface area (Å²) in [4.78, 5) is 36.1. The van der Waals surface area contributed by atoms with E-state index in [1.807, 2.05) is 0 Å². The minimum Gasteiger partial charge on any atom is -0.461 e. The average molecular weight is 418 g/mol. The smallest absolute Gasteiger partial charge is 0.337 e. The number of hydrogen-bond acceptors (Lipinski definition) is 8. The highest BCUT2D eigenvalue weighted by Crippen LogP contribution is 2.44. The predicted octanol–water partition coefficient (Wildman–Crippen LogP) is 1.89. The number of rotatable bonds is 4. The van der Waals surface area contributed by atoms with E-state index in [2.05, 4.69) is 6.58 Å². The Bertz CT molecular complexity index is 882. The highest BCUT2D eigenvalue weighted by Gasteiger charge is 2.52. The Hall–Kier alpha value is -2.71. The summed E-state index contributed by atoms with van der Waals surface area (Å²) >= 11 is 0. The summed E-state index contributed by atoms with van der Waals surface area (Å²) < 4.78 is 22.0. The zero-order valence-corrected chi connectivity index (χ0v) is 17.5.